The van der Waals surface area contributed by atoms with E-state index in [1.54, 1.807) is 45.0 Å². The molecule has 0 unspecified atom stereocenters. The number of H-pyrrole nitrogens is 1. The number of carbonyl (C=O) groups is 2. The van der Waals surface area contributed by atoms with E-state index in [0.717, 1.165) is 0 Å². The normalized spacial score (nSPS) is 11.2. The van der Waals surface area contributed by atoms with Crippen LogP contribution in [0.5, 0.6) is 0 Å². The number of aromatic nitrogens is 3. The second kappa shape index (κ2) is 7.22. The van der Waals surface area contributed by atoms with Gasteiger partial charge in [-0.25, -0.2) is 9.78 Å². The van der Waals surface area contributed by atoms with Crippen molar-refractivity contribution in [1.82, 2.24) is 20.5 Å². The van der Waals surface area contributed by atoms with Gasteiger partial charge in [0.05, 0.1) is 6.54 Å². The minimum Gasteiger partial charge on any atom is -0.382 e. The summed E-state index contributed by atoms with van der Waals surface area (Å²) in [5, 5.41) is 21.6. The number of Topliss-reactive ketones (excluding diaryl/α,β-unsaturated/α-hetero) is 1. The molecule has 0 spiro atoms. The van der Waals surface area contributed by atoms with Crippen LogP contribution in [-0.4, -0.2) is 32.1 Å². The fourth-order valence-corrected chi connectivity index (χ4v) is 1.96. The predicted octanol–water partition coefficient (Wildman–Crippen LogP) is 1.95. The van der Waals surface area contributed by atoms with E-state index in [-0.39, 0.29) is 18.2 Å². The molecule has 0 aliphatic rings. The maximum atomic E-state index is 11.9. The van der Waals surface area contributed by atoms with Crippen molar-refractivity contribution in [2.75, 3.05) is 5.32 Å². The van der Waals surface area contributed by atoms with E-state index in [0.29, 0.717) is 23.5 Å². The van der Waals surface area contributed by atoms with Crippen LogP contribution in [0.2, 0.25) is 0 Å². The number of amides is 2. The summed E-state index contributed by atoms with van der Waals surface area (Å²) in [5.74, 6) is 0.697. The number of benzene rings is 1. The van der Waals surface area contributed by atoms with Crippen LogP contribution in [0.4, 0.5) is 10.5 Å². The van der Waals surface area contributed by atoms with Gasteiger partial charge in [0, 0.05) is 17.7 Å². The molecule has 24 heavy (non-hydrogen) atoms. The van der Waals surface area contributed by atoms with Crippen molar-refractivity contribution < 1.29 is 14.7 Å². The smallest absolute Gasteiger partial charge is 0.319 e. The molecule has 2 amide bonds. The largest absolute Gasteiger partial charge is 0.382 e. The molecule has 4 N–H and O–H groups in total. The van der Waals surface area contributed by atoms with Gasteiger partial charge in [-0.2, -0.15) is 5.10 Å². The molecule has 1 heterocycles. The third-order valence-corrected chi connectivity index (χ3v) is 3.26. The summed E-state index contributed by atoms with van der Waals surface area (Å²) in [6.07, 6.45) is 0.407. The van der Waals surface area contributed by atoms with Crippen molar-refractivity contribution in [3.05, 3.63) is 41.5 Å². The Bertz CT molecular complexity index is 733. The van der Waals surface area contributed by atoms with Gasteiger partial charge in [-0.1, -0.05) is 19.1 Å². The molecule has 0 fully saturated rings. The Balaban J connectivity index is 1.92. The third kappa shape index (κ3) is 4.63. The van der Waals surface area contributed by atoms with Gasteiger partial charge in [0.15, 0.2) is 11.6 Å². The molecule has 1 aromatic carbocycles. The highest BCUT2D eigenvalue weighted by molar-refractivity contribution is 5.98. The van der Waals surface area contributed by atoms with Crippen molar-refractivity contribution in [2.24, 2.45) is 0 Å². The zero-order valence-electron chi connectivity index (χ0n) is 13.9. The van der Waals surface area contributed by atoms with Crippen molar-refractivity contribution >= 4 is 17.5 Å². The van der Waals surface area contributed by atoms with Gasteiger partial charge in [-0.3, -0.25) is 9.89 Å². The first kappa shape index (κ1) is 17.6. The zero-order chi connectivity index (χ0) is 17.7. The van der Waals surface area contributed by atoms with E-state index in [1.807, 2.05) is 0 Å². The van der Waals surface area contributed by atoms with Gasteiger partial charge >= 0.3 is 6.03 Å². The minimum atomic E-state index is -1.15. The molecule has 8 nitrogen and oxygen atoms in total. The second-order valence-electron chi connectivity index (χ2n) is 5.83. The standard InChI is InChI=1S/C16H21N5O3/c1-4-12(22)10-6-5-7-11(8-10)18-15(23)17-9-13-19-14(21-20-13)16(2,3)24/h5-8,24H,4,9H2,1-3H3,(H2,17,18,23)(H,19,20,21). The summed E-state index contributed by atoms with van der Waals surface area (Å²) in [5.41, 5.74) is -0.0644. The first-order chi connectivity index (χ1) is 11.3. The summed E-state index contributed by atoms with van der Waals surface area (Å²) in [6.45, 7) is 5.06. The molecule has 2 aromatic rings. The first-order valence-corrected chi connectivity index (χ1v) is 7.62. The highest BCUT2D eigenvalue weighted by Gasteiger charge is 2.21. The number of rotatable bonds is 6. The summed E-state index contributed by atoms with van der Waals surface area (Å²) in [6, 6.07) is 6.32. The molecule has 8 heteroatoms. The Hall–Kier alpha value is -2.74. The van der Waals surface area contributed by atoms with Crippen molar-refractivity contribution in [3.63, 3.8) is 0 Å². The van der Waals surface area contributed by atoms with E-state index in [1.165, 1.54) is 0 Å². The van der Waals surface area contributed by atoms with Crippen LogP contribution in [0, 0.1) is 0 Å². The van der Waals surface area contributed by atoms with Crippen LogP contribution in [-0.2, 0) is 12.1 Å². The Morgan fingerprint density at radius 1 is 1.33 bits per heavy atom. The molecule has 0 saturated carbocycles. The summed E-state index contributed by atoms with van der Waals surface area (Å²) < 4.78 is 0. The van der Waals surface area contributed by atoms with Gasteiger partial charge in [0.1, 0.15) is 11.4 Å². The number of hydrogen-bond acceptors (Lipinski definition) is 5. The highest BCUT2D eigenvalue weighted by Crippen LogP contribution is 2.14. The molecule has 0 radical (unpaired) electrons. The summed E-state index contributed by atoms with van der Waals surface area (Å²) in [4.78, 5) is 27.7. The zero-order valence-corrected chi connectivity index (χ0v) is 13.9. The molecule has 0 aliphatic carbocycles. The minimum absolute atomic E-state index is 0.0138. The summed E-state index contributed by atoms with van der Waals surface area (Å²) in [7, 11) is 0. The number of aromatic amines is 1. The van der Waals surface area contributed by atoms with Crippen molar-refractivity contribution in [3.8, 4) is 0 Å². The molecule has 0 atom stereocenters. The Kier molecular flexibility index (Phi) is 5.30. The van der Waals surface area contributed by atoms with E-state index in [2.05, 4.69) is 25.8 Å². The van der Waals surface area contributed by atoms with Crippen LogP contribution in [0.3, 0.4) is 0 Å². The lowest BCUT2D eigenvalue weighted by molar-refractivity contribution is 0.0690. The van der Waals surface area contributed by atoms with E-state index < -0.39 is 11.6 Å². The topological polar surface area (TPSA) is 120 Å². The molecule has 1 aromatic heterocycles. The number of nitrogens with one attached hydrogen (secondary N) is 3. The Labute approximate surface area is 139 Å². The number of nitrogens with zero attached hydrogens (tertiary/aromatic N) is 2. The summed E-state index contributed by atoms with van der Waals surface area (Å²) >= 11 is 0. The molecule has 0 bridgehead atoms. The number of hydrogen-bond donors (Lipinski definition) is 4. The lowest BCUT2D eigenvalue weighted by atomic mass is 10.1. The van der Waals surface area contributed by atoms with Gasteiger partial charge in [0.2, 0.25) is 0 Å². The highest BCUT2D eigenvalue weighted by atomic mass is 16.3. The van der Waals surface area contributed by atoms with Crippen LogP contribution in [0.15, 0.2) is 24.3 Å². The van der Waals surface area contributed by atoms with Crippen LogP contribution < -0.4 is 10.6 Å². The third-order valence-electron chi connectivity index (χ3n) is 3.26. The van der Waals surface area contributed by atoms with Crippen molar-refractivity contribution in [1.29, 1.82) is 0 Å². The maximum absolute atomic E-state index is 11.9. The van der Waals surface area contributed by atoms with E-state index in [9.17, 15) is 14.7 Å². The van der Waals surface area contributed by atoms with Gasteiger partial charge in [-0.15, -0.1) is 0 Å². The van der Waals surface area contributed by atoms with Gasteiger partial charge < -0.3 is 15.7 Å². The monoisotopic (exact) mass is 331 g/mol. The lowest BCUT2D eigenvalue weighted by Gasteiger charge is -2.10. The number of urea groups is 1. The fourth-order valence-electron chi connectivity index (χ4n) is 1.96. The molecule has 0 saturated heterocycles. The fraction of sp³-hybridized carbons (Fsp3) is 0.375. The molecular formula is C16H21N5O3. The average Bonchev–Trinajstić information content (AvgIpc) is 3.01. The van der Waals surface area contributed by atoms with E-state index in [4.69, 9.17) is 0 Å². The number of anilines is 1. The molecule has 0 aliphatic heterocycles. The SMILES string of the molecule is CCC(=O)c1cccc(NC(=O)NCc2nc(C(C)(C)O)n[nH]2)c1. The van der Waals surface area contributed by atoms with Crippen LogP contribution in [0.1, 0.15) is 49.2 Å². The number of carbonyl (C=O) groups excluding carboxylic acids is 2. The van der Waals surface area contributed by atoms with Crippen LogP contribution >= 0.6 is 0 Å². The molecular weight excluding hydrogens is 310 g/mol. The van der Waals surface area contributed by atoms with Crippen LogP contribution in [0.25, 0.3) is 0 Å². The maximum Gasteiger partial charge on any atom is 0.319 e. The van der Waals surface area contributed by atoms with Gasteiger partial charge in [0.25, 0.3) is 0 Å². The quantitative estimate of drug-likeness (QED) is 0.603. The predicted molar refractivity (Wildman–Crippen MR) is 88.5 cm³/mol. The van der Waals surface area contributed by atoms with Crippen molar-refractivity contribution in [2.45, 2.75) is 39.3 Å². The first-order valence-electron chi connectivity index (χ1n) is 7.62. The Morgan fingerprint density at radius 3 is 2.71 bits per heavy atom. The lowest BCUT2D eigenvalue weighted by Crippen LogP contribution is -2.28. The van der Waals surface area contributed by atoms with Gasteiger partial charge in [-0.05, 0) is 26.0 Å². The molecule has 2 rings (SSSR count). The van der Waals surface area contributed by atoms with E-state index >= 15 is 0 Å². The number of ketones is 1. The molecule has 128 valence electrons. The average molecular weight is 331 g/mol. The number of aliphatic hydroxyl groups is 1. The Morgan fingerprint density at radius 2 is 2.08 bits per heavy atom. The second-order valence-corrected chi connectivity index (χ2v) is 5.83.